The molecule has 1 saturated carbocycles. The van der Waals surface area contributed by atoms with E-state index >= 15 is 0 Å². The van der Waals surface area contributed by atoms with Crippen LogP contribution < -0.4 is 5.32 Å². The van der Waals surface area contributed by atoms with Gasteiger partial charge in [0.1, 0.15) is 5.69 Å². The van der Waals surface area contributed by atoms with Crippen molar-refractivity contribution in [3.63, 3.8) is 0 Å². The lowest BCUT2D eigenvalue weighted by Gasteiger charge is -2.14. The van der Waals surface area contributed by atoms with Gasteiger partial charge in [0.25, 0.3) is 5.91 Å². The van der Waals surface area contributed by atoms with Crippen molar-refractivity contribution < 1.29 is 18.0 Å². The minimum absolute atomic E-state index is 0.0258. The molecule has 2 rings (SSSR count). The van der Waals surface area contributed by atoms with Crippen LogP contribution in [0, 0.1) is 5.92 Å². The Morgan fingerprint density at radius 2 is 2.15 bits per heavy atom. The fourth-order valence-electron chi connectivity index (χ4n) is 2.23. The second kappa shape index (κ2) is 5.99. The maximum Gasteiger partial charge on any atom is 0.417 e. The molecule has 110 valence electrons. The maximum atomic E-state index is 12.4. The molecule has 1 aromatic heterocycles. The van der Waals surface area contributed by atoms with Gasteiger partial charge in [-0.1, -0.05) is 6.42 Å². The summed E-state index contributed by atoms with van der Waals surface area (Å²) in [5, 5.41) is 2.71. The number of aromatic nitrogens is 1. The van der Waals surface area contributed by atoms with Crippen molar-refractivity contribution in [1.82, 2.24) is 10.3 Å². The van der Waals surface area contributed by atoms with Crippen LogP contribution in [-0.2, 0) is 6.18 Å². The van der Waals surface area contributed by atoms with Gasteiger partial charge >= 0.3 is 6.18 Å². The Hall–Kier alpha value is -1.30. The first-order chi connectivity index (χ1) is 9.38. The predicted molar refractivity (Wildman–Crippen MR) is 68.6 cm³/mol. The van der Waals surface area contributed by atoms with Gasteiger partial charge in [-0.15, -0.1) is 11.6 Å². The molecule has 0 aromatic carbocycles. The standard InChI is InChI=1S/C13H14ClF3N2O/c14-10-3-1-2-8(10)6-19-12(20)11-5-4-9(7-18-11)13(15,16)17/h4-5,7-8,10H,1-3,6H2,(H,19,20). The first kappa shape index (κ1) is 15.1. The lowest BCUT2D eigenvalue weighted by atomic mass is 10.1. The molecule has 2 atom stereocenters. The number of nitrogens with zero attached hydrogens (tertiary/aromatic N) is 1. The van der Waals surface area contributed by atoms with Crippen LogP contribution in [0.2, 0.25) is 0 Å². The minimum atomic E-state index is -4.45. The predicted octanol–water partition coefficient (Wildman–Crippen LogP) is 3.24. The highest BCUT2D eigenvalue weighted by Crippen LogP contribution is 2.30. The van der Waals surface area contributed by atoms with E-state index in [2.05, 4.69) is 10.3 Å². The summed E-state index contributed by atoms with van der Waals surface area (Å²) in [5.41, 5.74) is -0.896. The second-order valence-electron chi connectivity index (χ2n) is 4.85. The highest BCUT2D eigenvalue weighted by molar-refractivity contribution is 6.21. The molecule has 1 aliphatic rings. The molecule has 20 heavy (non-hydrogen) atoms. The Morgan fingerprint density at radius 3 is 2.65 bits per heavy atom. The molecule has 1 aromatic rings. The summed E-state index contributed by atoms with van der Waals surface area (Å²) in [7, 11) is 0. The average Bonchev–Trinajstić information content (AvgIpc) is 2.81. The number of alkyl halides is 4. The zero-order valence-electron chi connectivity index (χ0n) is 10.6. The number of nitrogens with one attached hydrogen (secondary N) is 1. The summed E-state index contributed by atoms with van der Waals surface area (Å²) < 4.78 is 37.1. The van der Waals surface area contributed by atoms with Crippen LogP contribution in [0.4, 0.5) is 13.2 Å². The topological polar surface area (TPSA) is 42.0 Å². The molecule has 1 heterocycles. The Balaban J connectivity index is 1.92. The van der Waals surface area contributed by atoms with Crippen LogP contribution in [0.15, 0.2) is 18.3 Å². The summed E-state index contributed by atoms with van der Waals surface area (Å²) in [6.45, 7) is 0.426. The zero-order chi connectivity index (χ0) is 14.8. The number of amides is 1. The number of hydrogen-bond donors (Lipinski definition) is 1. The van der Waals surface area contributed by atoms with E-state index in [0.717, 1.165) is 31.4 Å². The molecule has 0 bridgehead atoms. The van der Waals surface area contributed by atoms with Crippen molar-refractivity contribution in [1.29, 1.82) is 0 Å². The van der Waals surface area contributed by atoms with Crippen LogP contribution in [0.1, 0.15) is 35.3 Å². The van der Waals surface area contributed by atoms with Gasteiger partial charge in [0.15, 0.2) is 0 Å². The van der Waals surface area contributed by atoms with Gasteiger partial charge in [-0.2, -0.15) is 13.2 Å². The van der Waals surface area contributed by atoms with E-state index in [9.17, 15) is 18.0 Å². The number of hydrogen-bond acceptors (Lipinski definition) is 2. The summed E-state index contributed by atoms with van der Waals surface area (Å²) in [4.78, 5) is 15.3. The van der Waals surface area contributed by atoms with Crippen LogP contribution in [0.3, 0.4) is 0 Å². The summed E-state index contributed by atoms with van der Waals surface area (Å²) in [5.74, 6) is -0.260. The van der Waals surface area contributed by atoms with Gasteiger partial charge in [-0.05, 0) is 30.9 Å². The summed E-state index contributed by atoms with van der Waals surface area (Å²) in [6, 6.07) is 1.92. The Bertz CT molecular complexity index is 475. The number of pyridine rings is 1. The number of carbonyl (C=O) groups excluding carboxylic acids is 1. The molecule has 0 aliphatic heterocycles. The van der Waals surface area contributed by atoms with Crippen molar-refractivity contribution in [2.24, 2.45) is 5.92 Å². The van der Waals surface area contributed by atoms with Gasteiger partial charge in [0.2, 0.25) is 0 Å². The first-order valence-electron chi connectivity index (χ1n) is 6.33. The Morgan fingerprint density at radius 1 is 1.40 bits per heavy atom. The molecular formula is C13H14ClF3N2O. The molecule has 0 spiro atoms. The van der Waals surface area contributed by atoms with Gasteiger partial charge < -0.3 is 5.32 Å². The quantitative estimate of drug-likeness (QED) is 0.871. The van der Waals surface area contributed by atoms with Crippen LogP contribution in [0.25, 0.3) is 0 Å². The van der Waals surface area contributed by atoms with E-state index in [4.69, 9.17) is 11.6 Å². The van der Waals surface area contributed by atoms with E-state index in [-0.39, 0.29) is 17.0 Å². The molecule has 1 fully saturated rings. The second-order valence-corrected chi connectivity index (χ2v) is 5.41. The van der Waals surface area contributed by atoms with Gasteiger partial charge in [-0.25, -0.2) is 0 Å². The van der Waals surface area contributed by atoms with Crippen molar-refractivity contribution in [3.8, 4) is 0 Å². The number of rotatable bonds is 3. The molecule has 0 radical (unpaired) electrons. The monoisotopic (exact) mass is 306 g/mol. The van der Waals surface area contributed by atoms with Crippen molar-refractivity contribution in [2.75, 3.05) is 6.54 Å². The van der Waals surface area contributed by atoms with Crippen molar-refractivity contribution >= 4 is 17.5 Å². The molecule has 2 unspecified atom stereocenters. The fraction of sp³-hybridized carbons (Fsp3) is 0.538. The molecule has 0 saturated heterocycles. The van der Waals surface area contributed by atoms with Crippen molar-refractivity contribution in [3.05, 3.63) is 29.6 Å². The van der Waals surface area contributed by atoms with Gasteiger partial charge in [0.05, 0.1) is 5.56 Å². The third kappa shape index (κ3) is 3.62. The maximum absolute atomic E-state index is 12.4. The molecule has 1 N–H and O–H groups in total. The van der Waals surface area contributed by atoms with E-state index in [1.54, 1.807) is 0 Å². The molecule has 3 nitrogen and oxygen atoms in total. The van der Waals surface area contributed by atoms with E-state index in [1.807, 2.05) is 0 Å². The highest BCUT2D eigenvalue weighted by atomic mass is 35.5. The number of halogens is 4. The molecule has 1 amide bonds. The smallest absolute Gasteiger partial charge is 0.350 e. The van der Waals surface area contributed by atoms with Gasteiger partial charge in [0, 0.05) is 18.1 Å². The van der Waals surface area contributed by atoms with Crippen molar-refractivity contribution in [2.45, 2.75) is 30.8 Å². The summed E-state index contributed by atoms with van der Waals surface area (Å²) >= 11 is 6.09. The number of carbonyl (C=O) groups is 1. The van der Waals surface area contributed by atoms with Crippen LogP contribution in [-0.4, -0.2) is 22.8 Å². The summed E-state index contributed by atoms with van der Waals surface area (Å²) in [6.07, 6.45) is -0.866. The van der Waals surface area contributed by atoms with Crippen LogP contribution >= 0.6 is 11.6 Å². The van der Waals surface area contributed by atoms with E-state index < -0.39 is 17.6 Å². The van der Waals surface area contributed by atoms with E-state index in [0.29, 0.717) is 12.7 Å². The third-order valence-electron chi connectivity index (χ3n) is 3.41. The Labute approximate surface area is 119 Å². The van der Waals surface area contributed by atoms with E-state index in [1.165, 1.54) is 0 Å². The fourth-order valence-corrected chi connectivity index (χ4v) is 2.60. The Kier molecular flexibility index (Phi) is 4.52. The minimum Gasteiger partial charge on any atom is -0.350 e. The normalized spacial score (nSPS) is 22.8. The average molecular weight is 307 g/mol. The lowest BCUT2D eigenvalue weighted by molar-refractivity contribution is -0.137. The first-order valence-corrected chi connectivity index (χ1v) is 6.77. The highest BCUT2D eigenvalue weighted by Gasteiger charge is 2.31. The zero-order valence-corrected chi connectivity index (χ0v) is 11.3. The molecular weight excluding hydrogens is 293 g/mol. The van der Waals surface area contributed by atoms with Crippen LogP contribution in [0.5, 0.6) is 0 Å². The van der Waals surface area contributed by atoms with Gasteiger partial charge in [-0.3, -0.25) is 9.78 Å². The molecule has 1 aliphatic carbocycles. The lowest BCUT2D eigenvalue weighted by Crippen LogP contribution is -2.31. The SMILES string of the molecule is O=C(NCC1CCCC1Cl)c1ccc(C(F)(F)F)cn1. The third-order valence-corrected chi connectivity index (χ3v) is 3.99. The molecule has 7 heteroatoms. The largest absolute Gasteiger partial charge is 0.417 e.